The predicted molar refractivity (Wildman–Crippen MR) is 191 cm³/mol. The fraction of sp³-hybridized carbons (Fsp3) is 0.333. The van der Waals surface area contributed by atoms with Crippen molar-refractivity contribution in [1.82, 2.24) is 19.9 Å². The monoisotopic (exact) mass is 682 g/mol. The summed E-state index contributed by atoms with van der Waals surface area (Å²) in [6.45, 7) is 10.5. The van der Waals surface area contributed by atoms with Crippen LogP contribution in [0.3, 0.4) is 0 Å². The first-order chi connectivity index (χ1) is 23.4. The van der Waals surface area contributed by atoms with Crippen LogP contribution in [-0.4, -0.2) is 67.0 Å². The van der Waals surface area contributed by atoms with Gasteiger partial charge in [-0.3, -0.25) is 19.2 Å². The van der Waals surface area contributed by atoms with Crippen LogP contribution in [0.5, 0.6) is 0 Å². The van der Waals surface area contributed by atoms with E-state index in [9.17, 15) is 19.2 Å². The maximum Gasteiger partial charge on any atom is 0.308 e. The zero-order chi connectivity index (χ0) is 36.4. The molecule has 0 aliphatic carbocycles. The van der Waals surface area contributed by atoms with Crippen LogP contribution in [0.2, 0.25) is 0 Å². The molecular formula is C36H42N8O6. The molecule has 262 valence electrons. The van der Waals surface area contributed by atoms with Crippen LogP contribution in [-0.2, 0) is 28.7 Å². The molecule has 2 amide bonds. The van der Waals surface area contributed by atoms with Gasteiger partial charge in [0.15, 0.2) is 0 Å². The number of nitrogens with one attached hydrogen (secondary N) is 4. The van der Waals surface area contributed by atoms with Gasteiger partial charge in [-0.15, -0.1) is 0 Å². The Morgan fingerprint density at radius 3 is 1.40 bits per heavy atom. The first kappa shape index (κ1) is 35.7. The van der Waals surface area contributed by atoms with E-state index >= 15 is 0 Å². The van der Waals surface area contributed by atoms with Gasteiger partial charge in [-0.1, -0.05) is 24.3 Å². The number of carbonyl (C=O) groups excluding carboxylic acids is 4. The lowest BCUT2D eigenvalue weighted by molar-refractivity contribution is -0.156. The van der Waals surface area contributed by atoms with E-state index in [1.165, 1.54) is 0 Å². The van der Waals surface area contributed by atoms with Crippen LogP contribution in [0.15, 0.2) is 60.7 Å². The zero-order valence-corrected chi connectivity index (χ0v) is 28.8. The molecule has 2 aromatic heterocycles. The van der Waals surface area contributed by atoms with Crippen molar-refractivity contribution in [1.29, 1.82) is 0 Å². The van der Waals surface area contributed by atoms with Gasteiger partial charge in [0.1, 0.15) is 22.9 Å². The quantitative estimate of drug-likeness (QED) is 0.111. The van der Waals surface area contributed by atoms with Crippen LogP contribution in [0.1, 0.15) is 54.4 Å². The molecule has 2 unspecified atom stereocenters. The SMILES string of the molecule is CC(C)(C)OC(=O)CC(N)C(=O)Nc1ccc2nc(-c3ccccc3-c3nc4ccc(NC(=O)C(N)CC(=O)OC(C)(C)C)cc4[nH]3)[nH]c2c1. The molecule has 5 aromatic rings. The number of anilines is 2. The minimum absolute atomic E-state index is 0.252. The number of hydrogen-bond donors (Lipinski definition) is 6. The van der Waals surface area contributed by atoms with Crippen molar-refractivity contribution in [2.45, 2.75) is 77.7 Å². The number of benzene rings is 3. The number of aromatic nitrogens is 4. The Labute approximate surface area is 288 Å². The van der Waals surface area contributed by atoms with Gasteiger partial charge >= 0.3 is 11.9 Å². The molecule has 0 fully saturated rings. The third-order valence-corrected chi connectivity index (χ3v) is 7.22. The van der Waals surface area contributed by atoms with Crippen molar-refractivity contribution in [3.8, 4) is 22.8 Å². The molecule has 2 heterocycles. The smallest absolute Gasteiger partial charge is 0.308 e. The number of hydrogen-bond acceptors (Lipinski definition) is 10. The van der Waals surface area contributed by atoms with Crippen molar-refractivity contribution in [2.24, 2.45) is 11.5 Å². The van der Waals surface area contributed by atoms with Gasteiger partial charge in [-0.05, 0) is 77.9 Å². The molecule has 0 aliphatic heterocycles. The van der Waals surface area contributed by atoms with Crippen LogP contribution in [0.25, 0.3) is 44.8 Å². The molecule has 0 saturated heterocycles. The Balaban J connectivity index is 1.31. The number of carbonyl (C=O) groups is 4. The van der Waals surface area contributed by atoms with Gasteiger partial charge in [0.2, 0.25) is 11.8 Å². The van der Waals surface area contributed by atoms with E-state index in [1.807, 2.05) is 24.3 Å². The Bertz CT molecular complexity index is 1920. The fourth-order valence-electron chi connectivity index (χ4n) is 5.11. The minimum atomic E-state index is -1.08. The minimum Gasteiger partial charge on any atom is -0.460 e. The highest BCUT2D eigenvalue weighted by molar-refractivity contribution is 5.99. The molecule has 0 aliphatic rings. The second-order valence-corrected chi connectivity index (χ2v) is 14.0. The van der Waals surface area contributed by atoms with E-state index in [0.717, 1.165) is 11.1 Å². The standard InChI is InChI=1S/C36H42N8O6/c1-35(2,3)49-29(45)17-23(37)33(47)39-19-11-13-25-27(15-19)43-31(41-25)21-9-7-8-10-22(21)32-42-26-14-12-20(16-28(26)44-32)40-34(48)24(38)18-30(46)50-36(4,5)6/h7-16,23-24H,17-18,37-38H2,1-6H3,(H,39,47)(H,40,48)(H,41,43)(H,42,44). The predicted octanol–water partition coefficient (Wildman–Crippen LogP) is 4.77. The molecule has 3 aromatic carbocycles. The van der Waals surface area contributed by atoms with Gasteiger partial charge in [0.25, 0.3) is 0 Å². The van der Waals surface area contributed by atoms with E-state index in [2.05, 4.69) is 20.6 Å². The number of rotatable bonds is 10. The molecule has 14 heteroatoms. The topological polar surface area (TPSA) is 220 Å². The third kappa shape index (κ3) is 9.09. The number of esters is 2. The molecule has 0 spiro atoms. The summed E-state index contributed by atoms with van der Waals surface area (Å²) in [5.41, 5.74) is 15.8. The second-order valence-electron chi connectivity index (χ2n) is 14.0. The van der Waals surface area contributed by atoms with Crippen molar-refractivity contribution in [3.05, 3.63) is 60.7 Å². The largest absolute Gasteiger partial charge is 0.460 e. The number of H-pyrrole nitrogens is 2. The molecule has 0 bridgehead atoms. The number of amides is 2. The first-order valence-corrected chi connectivity index (χ1v) is 16.1. The van der Waals surface area contributed by atoms with Gasteiger partial charge in [-0.2, -0.15) is 0 Å². The van der Waals surface area contributed by atoms with Gasteiger partial charge in [0.05, 0.1) is 47.0 Å². The summed E-state index contributed by atoms with van der Waals surface area (Å²) < 4.78 is 10.5. The van der Waals surface area contributed by atoms with Crippen LogP contribution >= 0.6 is 0 Å². The van der Waals surface area contributed by atoms with Crippen molar-refractivity contribution < 1.29 is 28.7 Å². The van der Waals surface area contributed by atoms with E-state index in [0.29, 0.717) is 45.1 Å². The zero-order valence-electron chi connectivity index (χ0n) is 28.8. The Kier molecular flexibility index (Phi) is 10.1. The van der Waals surface area contributed by atoms with Gasteiger partial charge in [0, 0.05) is 22.5 Å². The van der Waals surface area contributed by atoms with Gasteiger partial charge < -0.3 is 41.5 Å². The summed E-state index contributed by atoms with van der Waals surface area (Å²) in [5.74, 6) is -0.990. The van der Waals surface area contributed by atoms with Gasteiger partial charge in [-0.25, -0.2) is 9.97 Å². The number of nitrogens with zero attached hydrogens (tertiary/aromatic N) is 2. The molecule has 14 nitrogen and oxygen atoms in total. The number of ether oxygens (including phenoxy) is 2. The fourth-order valence-corrected chi connectivity index (χ4v) is 5.11. The van der Waals surface area contributed by atoms with E-state index < -0.39 is 47.0 Å². The number of aromatic amines is 2. The summed E-state index contributed by atoms with van der Waals surface area (Å²) in [7, 11) is 0. The molecule has 2 atom stereocenters. The maximum atomic E-state index is 12.7. The second kappa shape index (κ2) is 14.1. The van der Waals surface area contributed by atoms with Crippen LogP contribution in [0, 0.1) is 0 Å². The summed E-state index contributed by atoms with van der Waals surface area (Å²) in [5, 5.41) is 5.51. The van der Waals surface area contributed by atoms with E-state index in [-0.39, 0.29) is 12.8 Å². The summed E-state index contributed by atoms with van der Waals surface area (Å²) in [6, 6.07) is 15.9. The van der Waals surface area contributed by atoms with Crippen molar-refractivity contribution >= 4 is 57.2 Å². The van der Waals surface area contributed by atoms with E-state index in [1.54, 1.807) is 77.9 Å². The first-order valence-electron chi connectivity index (χ1n) is 16.1. The highest BCUT2D eigenvalue weighted by atomic mass is 16.6. The Morgan fingerprint density at radius 1 is 0.660 bits per heavy atom. The molecule has 8 N–H and O–H groups in total. The summed E-state index contributed by atoms with van der Waals surface area (Å²) >= 11 is 0. The molecule has 50 heavy (non-hydrogen) atoms. The molecular weight excluding hydrogens is 640 g/mol. The Morgan fingerprint density at radius 2 is 1.04 bits per heavy atom. The highest BCUT2D eigenvalue weighted by Crippen LogP contribution is 2.32. The molecule has 0 radical (unpaired) electrons. The van der Waals surface area contributed by atoms with E-state index in [4.69, 9.17) is 30.9 Å². The lowest BCUT2D eigenvalue weighted by atomic mass is 10.1. The number of imidazole rings is 2. The molecule has 5 rings (SSSR count). The number of fused-ring (bicyclic) bond motifs is 2. The lowest BCUT2D eigenvalue weighted by Gasteiger charge is -2.20. The van der Waals surface area contributed by atoms with Crippen molar-refractivity contribution in [2.75, 3.05) is 10.6 Å². The Hall–Kier alpha value is -5.60. The molecule has 0 saturated carbocycles. The third-order valence-electron chi connectivity index (χ3n) is 7.22. The normalized spacial score (nSPS) is 13.1. The van der Waals surface area contributed by atoms with Crippen LogP contribution in [0.4, 0.5) is 11.4 Å². The average Bonchev–Trinajstić information content (AvgIpc) is 3.63. The highest BCUT2D eigenvalue weighted by Gasteiger charge is 2.24. The average molecular weight is 683 g/mol. The summed E-state index contributed by atoms with van der Waals surface area (Å²) in [4.78, 5) is 65.8. The van der Waals surface area contributed by atoms with Crippen molar-refractivity contribution in [3.63, 3.8) is 0 Å². The summed E-state index contributed by atoms with van der Waals surface area (Å²) in [6.07, 6.45) is -0.504. The number of nitrogens with two attached hydrogens (primary N) is 2. The lowest BCUT2D eigenvalue weighted by Crippen LogP contribution is -2.39. The maximum absolute atomic E-state index is 12.7. The van der Waals surface area contributed by atoms with Crippen LogP contribution < -0.4 is 22.1 Å².